The van der Waals surface area contributed by atoms with Gasteiger partial charge in [0.1, 0.15) is 21.5 Å². The topological polar surface area (TPSA) is 107 Å². The molecule has 1 heterocycles. The van der Waals surface area contributed by atoms with Crippen molar-refractivity contribution in [2.45, 2.75) is 6.42 Å². The third kappa shape index (κ3) is 4.90. The summed E-state index contributed by atoms with van der Waals surface area (Å²) in [6, 6.07) is 1.97. The molecule has 1 aromatic rings. The maximum atomic E-state index is 11.7. The van der Waals surface area contributed by atoms with E-state index in [9.17, 15) is 4.79 Å². The molecule has 116 valence electrons. The predicted octanol–water partition coefficient (Wildman–Crippen LogP) is 1.45. The van der Waals surface area contributed by atoms with Crippen LogP contribution in [0.25, 0.3) is 0 Å². The van der Waals surface area contributed by atoms with Gasteiger partial charge in [-0.3, -0.25) is 0 Å². The van der Waals surface area contributed by atoms with Crippen molar-refractivity contribution >= 4 is 28.0 Å². The summed E-state index contributed by atoms with van der Waals surface area (Å²) in [4.78, 5) is 12.0. The number of nitrogens with zero attached hydrogens (tertiary/aromatic N) is 1. The van der Waals surface area contributed by atoms with Gasteiger partial charge in [0.2, 0.25) is 0 Å². The average Bonchev–Trinajstić information content (AvgIpc) is 2.81. The number of hydrogen-bond acceptors (Lipinski definition) is 8. The van der Waals surface area contributed by atoms with Gasteiger partial charge in [-0.1, -0.05) is 0 Å². The molecule has 1 rings (SSSR count). The highest BCUT2D eigenvalue weighted by atomic mass is 32.1. The molecule has 0 aliphatic carbocycles. The number of ether oxygens (including phenoxy) is 3. The number of carbonyl (C=O) groups excluding carboxylic acids is 1. The van der Waals surface area contributed by atoms with Gasteiger partial charge in [-0.15, -0.1) is 11.3 Å². The van der Waals surface area contributed by atoms with Crippen molar-refractivity contribution in [3.63, 3.8) is 0 Å². The zero-order valence-electron chi connectivity index (χ0n) is 12.1. The minimum Gasteiger partial charge on any atom is -0.465 e. The normalized spacial score (nSPS) is 10.1. The number of nitriles is 1. The summed E-state index contributed by atoms with van der Waals surface area (Å²) < 4.78 is 14.9. The molecule has 0 fully saturated rings. The van der Waals surface area contributed by atoms with Gasteiger partial charge in [0.15, 0.2) is 0 Å². The summed E-state index contributed by atoms with van der Waals surface area (Å²) in [5, 5.41) is 12.6. The van der Waals surface area contributed by atoms with Gasteiger partial charge in [0.25, 0.3) is 0 Å². The number of methoxy groups -OCH3 is 2. The van der Waals surface area contributed by atoms with Gasteiger partial charge >= 0.3 is 5.97 Å². The fourth-order valence-electron chi connectivity index (χ4n) is 1.58. The average molecular weight is 313 g/mol. The van der Waals surface area contributed by atoms with E-state index in [0.717, 1.165) is 17.8 Å². The van der Waals surface area contributed by atoms with Gasteiger partial charge < -0.3 is 25.3 Å². The van der Waals surface area contributed by atoms with E-state index in [1.54, 1.807) is 7.11 Å². The zero-order chi connectivity index (χ0) is 15.7. The van der Waals surface area contributed by atoms with E-state index in [2.05, 4.69) is 10.1 Å². The van der Waals surface area contributed by atoms with Crippen LogP contribution in [0, 0.1) is 11.3 Å². The Labute approximate surface area is 127 Å². The standard InChI is InChI=1S/C13H19N3O4S/c1-18-6-7-20-5-3-4-16-12-10(13(17)19-2)11(15)9(8-14)21-12/h16H,3-7,15H2,1-2H3. The highest BCUT2D eigenvalue weighted by molar-refractivity contribution is 7.17. The highest BCUT2D eigenvalue weighted by Gasteiger charge is 2.22. The minimum atomic E-state index is -0.552. The van der Waals surface area contributed by atoms with Crippen LogP contribution in [-0.4, -0.2) is 46.6 Å². The van der Waals surface area contributed by atoms with Crippen LogP contribution in [0.3, 0.4) is 0 Å². The monoisotopic (exact) mass is 313 g/mol. The molecule has 0 saturated carbocycles. The maximum Gasteiger partial charge on any atom is 0.343 e. The van der Waals surface area contributed by atoms with Gasteiger partial charge in [0.05, 0.1) is 26.0 Å². The molecule has 3 N–H and O–H groups in total. The molecule has 1 aromatic heterocycles. The molecule has 7 nitrogen and oxygen atoms in total. The predicted molar refractivity (Wildman–Crippen MR) is 80.6 cm³/mol. The lowest BCUT2D eigenvalue weighted by Gasteiger charge is -2.07. The first-order chi connectivity index (χ1) is 10.2. The molecule has 0 spiro atoms. The fourth-order valence-corrected chi connectivity index (χ4v) is 2.51. The molecule has 0 unspecified atom stereocenters. The van der Waals surface area contributed by atoms with Crippen molar-refractivity contribution in [1.29, 1.82) is 5.26 Å². The molecule has 0 aliphatic rings. The van der Waals surface area contributed by atoms with Crippen LogP contribution in [0.1, 0.15) is 21.7 Å². The van der Waals surface area contributed by atoms with Crippen molar-refractivity contribution in [2.24, 2.45) is 0 Å². The molecule has 0 aromatic carbocycles. The molecular formula is C13H19N3O4S. The second kappa shape index (κ2) is 9.18. The highest BCUT2D eigenvalue weighted by Crippen LogP contribution is 2.35. The number of esters is 1. The van der Waals surface area contributed by atoms with Crippen molar-refractivity contribution in [3.05, 3.63) is 10.4 Å². The smallest absolute Gasteiger partial charge is 0.343 e. The van der Waals surface area contributed by atoms with Crippen LogP contribution in [0.2, 0.25) is 0 Å². The number of hydrogen-bond donors (Lipinski definition) is 2. The van der Waals surface area contributed by atoms with Crippen LogP contribution >= 0.6 is 11.3 Å². The zero-order valence-corrected chi connectivity index (χ0v) is 12.9. The van der Waals surface area contributed by atoms with Crippen molar-refractivity contribution in [1.82, 2.24) is 0 Å². The number of nitrogen functional groups attached to an aromatic ring is 1. The summed E-state index contributed by atoms with van der Waals surface area (Å²) in [5.74, 6) is -0.552. The van der Waals surface area contributed by atoms with Crippen LogP contribution in [0.4, 0.5) is 10.7 Å². The molecule has 0 amide bonds. The molecule has 0 aliphatic heterocycles. The van der Waals surface area contributed by atoms with Crippen LogP contribution < -0.4 is 11.1 Å². The molecule has 0 saturated heterocycles. The Balaban J connectivity index is 2.55. The number of rotatable bonds is 9. The second-order valence-corrected chi connectivity index (χ2v) is 5.06. The van der Waals surface area contributed by atoms with E-state index in [-0.39, 0.29) is 11.3 Å². The Morgan fingerprint density at radius 2 is 2.14 bits per heavy atom. The lowest BCUT2D eigenvalue weighted by atomic mass is 10.2. The first-order valence-electron chi connectivity index (χ1n) is 6.36. The summed E-state index contributed by atoms with van der Waals surface area (Å²) in [6.07, 6.45) is 0.754. The van der Waals surface area contributed by atoms with Crippen LogP contribution in [0.5, 0.6) is 0 Å². The van der Waals surface area contributed by atoms with E-state index in [1.165, 1.54) is 7.11 Å². The molecule has 0 atom stereocenters. The molecule has 21 heavy (non-hydrogen) atoms. The number of carbonyl (C=O) groups is 1. The van der Waals surface area contributed by atoms with E-state index in [1.807, 2.05) is 6.07 Å². The Kier molecular flexibility index (Phi) is 7.53. The first kappa shape index (κ1) is 17.2. The van der Waals surface area contributed by atoms with Crippen molar-refractivity contribution in [2.75, 3.05) is 51.6 Å². The summed E-state index contributed by atoms with van der Waals surface area (Å²) in [6.45, 7) is 2.29. The molecular weight excluding hydrogens is 294 g/mol. The summed E-state index contributed by atoms with van der Waals surface area (Å²) >= 11 is 1.14. The SMILES string of the molecule is COCCOCCCNc1sc(C#N)c(N)c1C(=O)OC. The summed E-state index contributed by atoms with van der Waals surface area (Å²) in [7, 11) is 2.89. The first-order valence-corrected chi connectivity index (χ1v) is 7.18. The molecule has 0 bridgehead atoms. The molecule has 0 radical (unpaired) electrons. The van der Waals surface area contributed by atoms with Crippen LogP contribution in [0.15, 0.2) is 0 Å². The number of nitrogens with one attached hydrogen (secondary N) is 1. The second-order valence-electron chi connectivity index (χ2n) is 4.04. The van der Waals surface area contributed by atoms with E-state index in [0.29, 0.717) is 36.2 Å². The third-order valence-electron chi connectivity index (χ3n) is 2.62. The third-order valence-corrected chi connectivity index (χ3v) is 3.69. The van der Waals surface area contributed by atoms with Gasteiger partial charge in [-0.05, 0) is 6.42 Å². The van der Waals surface area contributed by atoms with E-state index in [4.69, 9.17) is 20.5 Å². The number of thiophene rings is 1. The Morgan fingerprint density at radius 1 is 1.38 bits per heavy atom. The van der Waals surface area contributed by atoms with Gasteiger partial charge in [-0.2, -0.15) is 5.26 Å². The quantitative estimate of drug-likeness (QED) is 0.525. The van der Waals surface area contributed by atoms with E-state index < -0.39 is 5.97 Å². The Morgan fingerprint density at radius 3 is 2.76 bits per heavy atom. The minimum absolute atomic E-state index is 0.160. The van der Waals surface area contributed by atoms with E-state index >= 15 is 0 Å². The van der Waals surface area contributed by atoms with Crippen molar-refractivity contribution in [3.8, 4) is 6.07 Å². The molecule has 8 heteroatoms. The Hall–Kier alpha value is -1.82. The van der Waals surface area contributed by atoms with Gasteiger partial charge in [-0.25, -0.2) is 4.79 Å². The lowest BCUT2D eigenvalue weighted by Crippen LogP contribution is -2.11. The maximum absolute atomic E-state index is 11.7. The Bertz CT molecular complexity index is 510. The number of nitrogens with two attached hydrogens (primary N) is 1. The lowest BCUT2D eigenvalue weighted by molar-refractivity contribution is 0.0603. The van der Waals surface area contributed by atoms with Crippen LogP contribution in [-0.2, 0) is 14.2 Å². The van der Waals surface area contributed by atoms with Crippen molar-refractivity contribution < 1.29 is 19.0 Å². The largest absolute Gasteiger partial charge is 0.465 e. The number of anilines is 2. The fraction of sp³-hybridized carbons (Fsp3) is 0.538. The van der Waals surface area contributed by atoms with Gasteiger partial charge in [0, 0.05) is 20.3 Å². The summed E-state index contributed by atoms with van der Waals surface area (Å²) in [5.41, 5.74) is 6.17.